The SMILES string of the molecule is O=c1ccoc2ccc(NCC(O)CCl)cc12. The summed E-state index contributed by atoms with van der Waals surface area (Å²) in [6, 6.07) is 6.57. The summed E-state index contributed by atoms with van der Waals surface area (Å²) in [6.07, 6.45) is 0.759. The first-order chi connectivity index (χ1) is 8.20. The molecule has 0 aliphatic carbocycles. The molecule has 0 saturated carbocycles. The Balaban J connectivity index is 2.25. The van der Waals surface area contributed by atoms with Crippen LogP contribution >= 0.6 is 11.6 Å². The van der Waals surface area contributed by atoms with E-state index in [2.05, 4.69) is 5.32 Å². The van der Waals surface area contributed by atoms with Crippen LogP contribution in [-0.2, 0) is 0 Å². The highest BCUT2D eigenvalue weighted by Gasteiger charge is 2.04. The van der Waals surface area contributed by atoms with E-state index in [4.69, 9.17) is 16.0 Å². The van der Waals surface area contributed by atoms with Crippen LogP contribution in [0.25, 0.3) is 11.0 Å². The van der Waals surface area contributed by atoms with Crippen LogP contribution in [-0.4, -0.2) is 23.6 Å². The molecule has 0 radical (unpaired) electrons. The smallest absolute Gasteiger partial charge is 0.192 e. The van der Waals surface area contributed by atoms with Gasteiger partial charge < -0.3 is 14.8 Å². The Labute approximate surface area is 103 Å². The highest BCUT2D eigenvalue weighted by Crippen LogP contribution is 2.15. The van der Waals surface area contributed by atoms with E-state index in [-0.39, 0.29) is 11.3 Å². The molecular weight excluding hydrogens is 242 g/mol. The molecule has 0 fully saturated rings. The van der Waals surface area contributed by atoms with Crippen molar-refractivity contribution in [2.75, 3.05) is 17.7 Å². The molecule has 1 atom stereocenters. The van der Waals surface area contributed by atoms with E-state index in [9.17, 15) is 9.90 Å². The maximum atomic E-state index is 11.6. The minimum absolute atomic E-state index is 0.0900. The number of hydrogen-bond acceptors (Lipinski definition) is 4. The molecule has 2 aromatic rings. The van der Waals surface area contributed by atoms with Gasteiger partial charge in [0.2, 0.25) is 0 Å². The van der Waals surface area contributed by atoms with Gasteiger partial charge in [0.25, 0.3) is 0 Å². The maximum Gasteiger partial charge on any atom is 0.192 e. The molecule has 0 spiro atoms. The zero-order valence-corrected chi connectivity index (χ0v) is 9.78. The van der Waals surface area contributed by atoms with Crippen molar-refractivity contribution in [1.82, 2.24) is 0 Å². The second-order valence-electron chi connectivity index (χ2n) is 3.68. The van der Waals surface area contributed by atoms with Crippen LogP contribution in [0.4, 0.5) is 5.69 Å². The monoisotopic (exact) mass is 253 g/mol. The second kappa shape index (κ2) is 5.21. The van der Waals surface area contributed by atoms with Gasteiger partial charge in [-0.25, -0.2) is 0 Å². The Kier molecular flexibility index (Phi) is 3.66. The highest BCUT2D eigenvalue weighted by atomic mass is 35.5. The minimum Gasteiger partial charge on any atom is -0.464 e. The second-order valence-corrected chi connectivity index (χ2v) is 3.99. The Morgan fingerprint density at radius 3 is 3.00 bits per heavy atom. The van der Waals surface area contributed by atoms with Crippen LogP contribution in [0.2, 0.25) is 0 Å². The van der Waals surface area contributed by atoms with Crippen LogP contribution in [0.5, 0.6) is 0 Å². The van der Waals surface area contributed by atoms with Crippen molar-refractivity contribution in [3.05, 3.63) is 40.8 Å². The molecule has 1 heterocycles. The van der Waals surface area contributed by atoms with E-state index in [1.807, 2.05) is 0 Å². The van der Waals surface area contributed by atoms with Crippen LogP contribution in [0.15, 0.2) is 39.7 Å². The zero-order valence-electron chi connectivity index (χ0n) is 9.02. The van der Waals surface area contributed by atoms with Gasteiger partial charge in [0, 0.05) is 18.3 Å². The molecule has 1 unspecified atom stereocenters. The fourth-order valence-corrected chi connectivity index (χ4v) is 1.59. The fraction of sp³-hybridized carbons (Fsp3) is 0.250. The number of aliphatic hydroxyl groups excluding tert-OH is 1. The summed E-state index contributed by atoms with van der Waals surface area (Å²) in [4.78, 5) is 11.6. The average molecular weight is 254 g/mol. The van der Waals surface area contributed by atoms with Gasteiger partial charge in [-0.15, -0.1) is 11.6 Å². The van der Waals surface area contributed by atoms with Crippen molar-refractivity contribution >= 4 is 28.3 Å². The van der Waals surface area contributed by atoms with Gasteiger partial charge in [0.05, 0.1) is 23.6 Å². The number of nitrogens with one attached hydrogen (secondary N) is 1. The predicted molar refractivity (Wildman–Crippen MR) is 67.7 cm³/mol. The first kappa shape index (κ1) is 12.0. The van der Waals surface area contributed by atoms with Gasteiger partial charge in [-0.2, -0.15) is 0 Å². The van der Waals surface area contributed by atoms with Crippen LogP contribution in [0.3, 0.4) is 0 Å². The summed E-state index contributed by atoms with van der Waals surface area (Å²) >= 11 is 5.48. The molecule has 0 amide bonds. The molecule has 0 aliphatic heterocycles. The van der Waals surface area contributed by atoms with E-state index in [1.165, 1.54) is 12.3 Å². The number of hydrogen-bond donors (Lipinski definition) is 2. The van der Waals surface area contributed by atoms with Crippen molar-refractivity contribution in [2.45, 2.75) is 6.10 Å². The van der Waals surface area contributed by atoms with Gasteiger partial charge in [-0.05, 0) is 18.2 Å². The number of halogens is 1. The lowest BCUT2D eigenvalue weighted by molar-refractivity contribution is 0.211. The molecule has 5 heteroatoms. The Hall–Kier alpha value is -1.52. The first-order valence-electron chi connectivity index (χ1n) is 5.20. The molecule has 0 aliphatic rings. The van der Waals surface area contributed by atoms with Crippen molar-refractivity contribution in [3.63, 3.8) is 0 Å². The topological polar surface area (TPSA) is 62.5 Å². The molecular formula is C12H12ClNO3. The van der Waals surface area contributed by atoms with Crippen LogP contribution in [0, 0.1) is 0 Å². The fourth-order valence-electron chi connectivity index (χ4n) is 1.48. The molecule has 1 aromatic carbocycles. The third-order valence-electron chi connectivity index (χ3n) is 2.38. The number of alkyl halides is 1. The van der Waals surface area contributed by atoms with E-state index < -0.39 is 6.10 Å². The Morgan fingerprint density at radius 2 is 2.24 bits per heavy atom. The third-order valence-corrected chi connectivity index (χ3v) is 2.74. The molecule has 0 saturated heterocycles. The van der Waals surface area contributed by atoms with E-state index in [0.717, 1.165) is 5.69 Å². The maximum absolute atomic E-state index is 11.6. The summed E-state index contributed by atoms with van der Waals surface area (Å²) in [5.74, 6) is 0.169. The number of aliphatic hydroxyl groups is 1. The number of anilines is 1. The summed E-state index contributed by atoms with van der Waals surface area (Å²) in [7, 11) is 0. The van der Waals surface area contributed by atoms with Crippen molar-refractivity contribution in [1.29, 1.82) is 0 Å². The van der Waals surface area contributed by atoms with Crippen LogP contribution < -0.4 is 10.7 Å². The van der Waals surface area contributed by atoms with Gasteiger partial charge in [0.15, 0.2) is 5.43 Å². The summed E-state index contributed by atoms with van der Waals surface area (Å²) in [5, 5.41) is 12.8. The summed E-state index contributed by atoms with van der Waals surface area (Å²) in [5.41, 5.74) is 1.20. The summed E-state index contributed by atoms with van der Waals surface area (Å²) in [6.45, 7) is 0.340. The Bertz CT molecular complexity index is 567. The van der Waals surface area contributed by atoms with Crippen molar-refractivity contribution < 1.29 is 9.52 Å². The highest BCUT2D eigenvalue weighted by molar-refractivity contribution is 6.18. The molecule has 1 aromatic heterocycles. The largest absolute Gasteiger partial charge is 0.464 e. The zero-order chi connectivity index (χ0) is 12.3. The molecule has 17 heavy (non-hydrogen) atoms. The van der Waals surface area contributed by atoms with Crippen molar-refractivity contribution in [2.24, 2.45) is 0 Å². The third kappa shape index (κ3) is 2.78. The molecule has 2 N–H and O–H groups in total. The van der Waals surface area contributed by atoms with Gasteiger partial charge >= 0.3 is 0 Å². The quantitative estimate of drug-likeness (QED) is 0.816. The Morgan fingerprint density at radius 1 is 1.41 bits per heavy atom. The normalized spacial score (nSPS) is 12.6. The predicted octanol–water partition coefficient (Wildman–Crippen LogP) is 1.80. The molecule has 2 rings (SSSR count). The average Bonchev–Trinajstić information content (AvgIpc) is 2.36. The lowest BCUT2D eigenvalue weighted by atomic mass is 10.2. The number of rotatable bonds is 4. The standard InChI is InChI=1S/C12H12ClNO3/c13-6-9(15)7-14-8-1-2-12-10(5-8)11(16)3-4-17-12/h1-5,9,14-15H,6-7H2. The van der Waals surface area contributed by atoms with E-state index in [0.29, 0.717) is 17.5 Å². The molecule has 90 valence electrons. The van der Waals surface area contributed by atoms with Crippen LogP contribution in [0.1, 0.15) is 0 Å². The van der Waals surface area contributed by atoms with E-state index in [1.54, 1.807) is 18.2 Å². The van der Waals surface area contributed by atoms with E-state index >= 15 is 0 Å². The molecule has 0 bridgehead atoms. The van der Waals surface area contributed by atoms with Gasteiger partial charge in [-0.3, -0.25) is 4.79 Å². The molecule has 4 nitrogen and oxygen atoms in total. The number of benzene rings is 1. The van der Waals surface area contributed by atoms with Gasteiger partial charge in [0.1, 0.15) is 5.58 Å². The lowest BCUT2D eigenvalue weighted by Gasteiger charge is -2.10. The summed E-state index contributed by atoms with van der Waals surface area (Å²) < 4.78 is 5.20. The van der Waals surface area contributed by atoms with Gasteiger partial charge in [-0.1, -0.05) is 0 Å². The lowest BCUT2D eigenvalue weighted by Crippen LogP contribution is -2.20. The number of fused-ring (bicyclic) bond motifs is 1. The first-order valence-corrected chi connectivity index (χ1v) is 5.73. The van der Waals surface area contributed by atoms with Crippen molar-refractivity contribution in [3.8, 4) is 0 Å². The minimum atomic E-state index is -0.612.